The Morgan fingerprint density at radius 2 is 2.07 bits per heavy atom. The van der Waals surface area contributed by atoms with Crippen LogP contribution in [0, 0.1) is 0 Å². The van der Waals surface area contributed by atoms with Crippen molar-refractivity contribution in [3.8, 4) is 0 Å². The lowest BCUT2D eigenvalue weighted by atomic mass is 10.1. The van der Waals surface area contributed by atoms with Crippen molar-refractivity contribution in [3.05, 3.63) is 33.8 Å². The van der Waals surface area contributed by atoms with E-state index >= 15 is 0 Å². The van der Waals surface area contributed by atoms with Crippen LogP contribution in [-0.4, -0.2) is 5.78 Å². The van der Waals surface area contributed by atoms with Gasteiger partial charge in [-0.25, -0.2) is 8.78 Å². The second-order valence-corrected chi connectivity index (χ2v) is 3.99. The molecule has 0 N–H and O–H groups in total. The number of ketones is 1. The number of hydrogen-bond acceptors (Lipinski definition) is 1. The summed E-state index contributed by atoms with van der Waals surface area (Å²) < 4.78 is 25.3. The van der Waals surface area contributed by atoms with Crippen LogP contribution >= 0.6 is 15.9 Å². The molecule has 0 aliphatic carbocycles. The van der Waals surface area contributed by atoms with Gasteiger partial charge in [-0.1, -0.05) is 15.9 Å². The van der Waals surface area contributed by atoms with Crippen LogP contribution in [0.4, 0.5) is 8.78 Å². The van der Waals surface area contributed by atoms with Gasteiger partial charge in [-0.15, -0.1) is 0 Å². The molecule has 0 fully saturated rings. The quantitative estimate of drug-likeness (QED) is 0.815. The summed E-state index contributed by atoms with van der Waals surface area (Å²) in [5.74, 6) is -0.0386. The molecule has 76 valence electrons. The summed E-state index contributed by atoms with van der Waals surface area (Å²) in [6, 6.07) is 4.39. The molecule has 0 radical (unpaired) electrons. The number of Topliss-reactive ketones (excluding diaryl/α,β-unsaturated/α-hetero) is 1. The lowest BCUT2D eigenvalue weighted by Gasteiger charge is -2.04. The highest BCUT2D eigenvalue weighted by Gasteiger charge is 2.09. The molecule has 0 aliphatic rings. The maximum Gasteiger partial charge on any atom is 0.263 e. The Kier molecular flexibility index (Phi) is 3.75. The van der Waals surface area contributed by atoms with Crippen LogP contribution in [-0.2, 0) is 11.2 Å². The monoisotopic (exact) mass is 262 g/mol. The number of halogens is 3. The van der Waals surface area contributed by atoms with Crippen molar-refractivity contribution in [3.63, 3.8) is 0 Å². The van der Waals surface area contributed by atoms with Crippen molar-refractivity contribution in [1.82, 2.24) is 0 Å². The van der Waals surface area contributed by atoms with Crippen molar-refractivity contribution >= 4 is 21.7 Å². The molecule has 0 aromatic heterocycles. The molecule has 0 amide bonds. The van der Waals surface area contributed by atoms with Gasteiger partial charge < -0.3 is 0 Å². The van der Waals surface area contributed by atoms with Crippen LogP contribution < -0.4 is 0 Å². The first-order chi connectivity index (χ1) is 6.49. The third-order valence-electron chi connectivity index (χ3n) is 1.68. The van der Waals surface area contributed by atoms with E-state index in [-0.39, 0.29) is 17.8 Å². The summed E-state index contributed by atoms with van der Waals surface area (Å²) in [5.41, 5.74) is 0.554. The van der Waals surface area contributed by atoms with Crippen molar-refractivity contribution in [2.45, 2.75) is 19.8 Å². The van der Waals surface area contributed by atoms with Gasteiger partial charge in [0.25, 0.3) is 6.43 Å². The molecule has 0 saturated heterocycles. The van der Waals surface area contributed by atoms with Crippen LogP contribution in [0.1, 0.15) is 24.5 Å². The summed E-state index contributed by atoms with van der Waals surface area (Å²) >= 11 is 3.13. The zero-order valence-corrected chi connectivity index (χ0v) is 9.14. The maximum atomic E-state index is 12.4. The Labute approximate surface area is 89.3 Å². The van der Waals surface area contributed by atoms with Crippen molar-refractivity contribution in [2.75, 3.05) is 0 Å². The number of carbonyl (C=O) groups excluding carboxylic acids is 1. The second kappa shape index (κ2) is 4.64. The molecule has 0 heterocycles. The summed E-state index contributed by atoms with van der Waals surface area (Å²) in [7, 11) is 0. The van der Waals surface area contributed by atoms with Crippen LogP contribution in [0.5, 0.6) is 0 Å². The van der Waals surface area contributed by atoms with Gasteiger partial charge in [0.05, 0.1) is 0 Å². The molecule has 0 bridgehead atoms. The predicted molar refractivity (Wildman–Crippen MR) is 53.5 cm³/mol. The topological polar surface area (TPSA) is 17.1 Å². The lowest BCUT2D eigenvalue weighted by molar-refractivity contribution is -0.116. The van der Waals surface area contributed by atoms with Gasteiger partial charge in [0.1, 0.15) is 5.78 Å². The van der Waals surface area contributed by atoms with E-state index in [1.54, 1.807) is 6.07 Å². The summed E-state index contributed by atoms with van der Waals surface area (Å²) in [5, 5.41) is 0. The summed E-state index contributed by atoms with van der Waals surface area (Å²) in [6.07, 6.45) is -2.31. The molecule has 1 aromatic carbocycles. The van der Waals surface area contributed by atoms with Gasteiger partial charge in [0.15, 0.2) is 0 Å². The van der Waals surface area contributed by atoms with E-state index in [1.807, 2.05) is 0 Å². The van der Waals surface area contributed by atoms with Crippen LogP contribution in [0.25, 0.3) is 0 Å². The number of hydrogen-bond donors (Lipinski definition) is 0. The summed E-state index contributed by atoms with van der Waals surface area (Å²) in [6.45, 7) is 1.43. The molecule has 4 heteroatoms. The highest BCUT2D eigenvalue weighted by molar-refractivity contribution is 9.10. The molecule has 1 nitrogen and oxygen atoms in total. The van der Waals surface area contributed by atoms with Crippen LogP contribution in [0.3, 0.4) is 0 Å². The molecule has 1 rings (SSSR count). The van der Waals surface area contributed by atoms with E-state index in [9.17, 15) is 13.6 Å². The van der Waals surface area contributed by atoms with Crippen molar-refractivity contribution in [2.24, 2.45) is 0 Å². The van der Waals surface area contributed by atoms with Gasteiger partial charge in [0, 0.05) is 16.5 Å². The fraction of sp³-hybridized carbons (Fsp3) is 0.300. The number of benzene rings is 1. The van der Waals surface area contributed by atoms with Gasteiger partial charge in [0.2, 0.25) is 0 Å². The first-order valence-corrected chi connectivity index (χ1v) is 4.85. The Bertz CT molecular complexity index is 350. The van der Waals surface area contributed by atoms with E-state index in [0.717, 1.165) is 0 Å². The lowest BCUT2D eigenvalue weighted by Crippen LogP contribution is -1.97. The fourth-order valence-electron chi connectivity index (χ4n) is 1.19. The zero-order chi connectivity index (χ0) is 10.7. The molecule has 14 heavy (non-hydrogen) atoms. The first-order valence-electron chi connectivity index (χ1n) is 4.06. The van der Waals surface area contributed by atoms with E-state index < -0.39 is 6.43 Å². The SMILES string of the molecule is CC(=O)Cc1cc(Br)cc(C(F)F)c1. The molecule has 1 aromatic rings. The molecule has 0 spiro atoms. The van der Waals surface area contributed by atoms with Gasteiger partial charge in [-0.3, -0.25) is 4.79 Å². The number of rotatable bonds is 3. The molecular weight excluding hydrogens is 254 g/mol. The smallest absolute Gasteiger partial charge is 0.263 e. The Morgan fingerprint density at radius 1 is 1.43 bits per heavy atom. The van der Waals surface area contributed by atoms with Gasteiger partial charge >= 0.3 is 0 Å². The number of alkyl halides is 2. The third kappa shape index (κ3) is 3.18. The Morgan fingerprint density at radius 3 is 2.57 bits per heavy atom. The second-order valence-electron chi connectivity index (χ2n) is 3.07. The average Bonchev–Trinajstić information content (AvgIpc) is 2.01. The molecule has 0 aliphatic heterocycles. The predicted octanol–water partition coefficient (Wildman–Crippen LogP) is 3.52. The first kappa shape index (κ1) is 11.3. The van der Waals surface area contributed by atoms with Gasteiger partial charge in [-0.2, -0.15) is 0 Å². The average molecular weight is 263 g/mol. The molecular formula is C10H9BrF2O. The van der Waals surface area contributed by atoms with Crippen molar-refractivity contribution < 1.29 is 13.6 Å². The van der Waals surface area contributed by atoms with Gasteiger partial charge in [-0.05, 0) is 30.7 Å². The minimum absolute atomic E-state index is 0.0386. The minimum Gasteiger partial charge on any atom is -0.300 e. The highest BCUT2D eigenvalue weighted by Crippen LogP contribution is 2.24. The summed E-state index contributed by atoms with van der Waals surface area (Å²) in [4.78, 5) is 10.8. The fourth-order valence-corrected chi connectivity index (χ4v) is 1.75. The number of carbonyl (C=O) groups is 1. The zero-order valence-electron chi connectivity index (χ0n) is 7.56. The standard InChI is InChI=1S/C10H9BrF2O/c1-6(14)2-7-3-8(10(12)13)5-9(11)4-7/h3-5,10H,2H2,1H3. The Balaban J connectivity index is 3.01. The van der Waals surface area contributed by atoms with Crippen molar-refractivity contribution in [1.29, 1.82) is 0 Å². The maximum absolute atomic E-state index is 12.4. The van der Waals surface area contributed by atoms with E-state index in [2.05, 4.69) is 15.9 Å². The minimum atomic E-state index is -2.50. The normalized spacial score (nSPS) is 10.6. The Hall–Kier alpha value is -0.770. The molecule has 0 unspecified atom stereocenters. The largest absolute Gasteiger partial charge is 0.300 e. The van der Waals surface area contributed by atoms with E-state index in [0.29, 0.717) is 10.0 Å². The van der Waals surface area contributed by atoms with E-state index in [4.69, 9.17) is 0 Å². The van der Waals surface area contributed by atoms with E-state index in [1.165, 1.54) is 19.1 Å². The third-order valence-corrected chi connectivity index (χ3v) is 2.14. The van der Waals surface area contributed by atoms with Crippen LogP contribution in [0.2, 0.25) is 0 Å². The van der Waals surface area contributed by atoms with Crippen LogP contribution in [0.15, 0.2) is 22.7 Å². The molecule has 0 saturated carbocycles. The molecule has 0 atom stereocenters. The highest BCUT2D eigenvalue weighted by atomic mass is 79.9.